The van der Waals surface area contributed by atoms with Crippen LogP contribution in [-0.4, -0.2) is 44.0 Å². The standard InChI is InChI=1S/C23H23ClN6O2/c1-15-14-30(23(31)29-21-13-25-16(2)10-26-21)7-6-18(15)8-17-4-3-5-20(9-17)32-22-27-11-19(24)12-28-22/h3-5,8-13,15H,6-7,14H2,1-2H3,(H,26,29,31)/b18-8+. The number of urea groups is 1. The van der Waals surface area contributed by atoms with E-state index >= 15 is 0 Å². The van der Waals surface area contributed by atoms with Gasteiger partial charge in [0.05, 0.1) is 35.5 Å². The maximum atomic E-state index is 12.6. The Morgan fingerprint density at radius 2 is 2.00 bits per heavy atom. The van der Waals surface area contributed by atoms with Crippen molar-refractivity contribution in [2.75, 3.05) is 18.4 Å². The van der Waals surface area contributed by atoms with Crippen LogP contribution in [-0.2, 0) is 0 Å². The monoisotopic (exact) mass is 450 g/mol. The zero-order chi connectivity index (χ0) is 22.5. The van der Waals surface area contributed by atoms with Crippen molar-refractivity contribution >= 4 is 29.5 Å². The highest BCUT2D eigenvalue weighted by Gasteiger charge is 2.24. The van der Waals surface area contributed by atoms with Crippen molar-refractivity contribution < 1.29 is 9.53 Å². The number of likely N-dealkylation sites (tertiary alicyclic amines) is 1. The van der Waals surface area contributed by atoms with Crippen LogP contribution in [0.3, 0.4) is 0 Å². The number of benzene rings is 1. The molecule has 164 valence electrons. The summed E-state index contributed by atoms with van der Waals surface area (Å²) in [6, 6.07) is 7.81. The summed E-state index contributed by atoms with van der Waals surface area (Å²) in [6.45, 7) is 5.24. The number of carbonyl (C=O) groups excluding carboxylic acids is 1. The molecule has 0 aliphatic carbocycles. The Morgan fingerprint density at radius 1 is 1.19 bits per heavy atom. The molecular formula is C23H23ClN6O2. The van der Waals surface area contributed by atoms with Crippen molar-refractivity contribution in [1.29, 1.82) is 0 Å². The molecule has 2 amide bonds. The van der Waals surface area contributed by atoms with Crippen molar-refractivity contribution in [2.24, 2.45) is 5.92 Å². The minimum absolute atomic E-state index is 0.160. The third-order valence-electron chi connectivity index (χ3n) is 5.12. The average Bonchev–Trinajstić information content (AvgIpc) is 2.78. The van der Waals surface area contributed by atoms with Crippen LogP contribution in [0.25, 0.3) is 6.08 Å². The van der Waals surface area contributed by atoms with Crippen LogP contribution < -0.4 is 10.1 Å². The molecule has 1 fully saturated rings. The highest BCUT2D eigenvalue weighted by Crippen LogP contribution is 2.27. The van der Waals surface area contributed by atoms with Crippen LogP contribution in [0.2, 0.25) is 5.02 Å². The van der Waals surface area contributed by atoms with Crippen LogP contribution in [0.15, 0.2) is 54.6 Å². The van der Waals surface area contributed by atoms with Crippen LogP contribution in [0, 0.1) is 12.8 Å². The van der Waals surface area contributed by atoms with Gasteiger partial charge in [0.2, 0.25) is 0 Å². The first kappa shape index (κ1) is 21.7. The van der Waals surface area contributed by atoms with Gasteiger partial charge in [-0.3, -0.25) is 10.3 Å². The van der Waals surface area contributed by atoms with E-state index in [0.717, 1.165) is 17.7 Å². The highest BCUT2D eigenvalue weighted by molar-refractivity contribution is 6.30. The number of rotatable bonds is 4. The zero-order valence-corrected chi connectivity index (χ0v) is 18.6. The van der Waals surface area contributed by atoms with Crippen LogP contribution in [0.4, 0.5) is 10.6 Å². The van der Waals surface area contributed by atoms with Gasteiger partial charge in [-0.05, 0) is 37.0 Å². The summed E-state index contributed by atoms with van der Waals surface area (Å²) in [6.07, 6.45) is 9.13. The van der Waals surface area contributed by atoms with Crippen LogP contribution in [0.1, 0.15) is 24.6 Å². The SMILES string of the molecule is Cc1cnc(NC(=O)N2CC/C(=C\c3cccc(Oc4ncc(Cl)cn4)c3)C(C)C2)cn1. The van der Waals surface area contributed by atoms with Gasteiger partial charge in [0.15, 0.2) is 5.82 Å². The molecule has 0 radical (unpaired) electrons. The smallest absolute Gasteiger partial charge is 0.323 e. The molecule has 4 rings (SSSR count). The molecule has 3 heterocycles. The molecule has 8 nitrogen and oxygen atoms in total. The molecule has 3 aromatic rings. The van der Waals surface area contributed by atoms with Gasteiger partial charge < -0.3 is 9.64 Å². The second-order valence-corrected chi connectivity index (χ2v) is 8.08. The molecule has 0 bridgehead atoms. The van der Waals surface area contributed by atoms with Crippen molar-refractivity contribution in [2.45, 2.75) is 20.3 Å². The number of aryl methyl sites for hydroxylation is 1. The number of amides is 2. The topological polar surface area (TPSA) is 93.1 Å². The van der Waals surface area contributed by atoms with Gasteiger partial charge in [-0.15, -0.1) is 0 Å². The number of nitrogens with zero attached hydrogens (tertiary/aromatic N) is 5. The maximum absolute atomic E-state index is 12.6. The van der Waals surface area contributed by atoms with Crippen molar-refractivity contribution in [3.8, 4) is 11.8 Å². The summed E-state index contributed by atoms with van der Waals surface area (Å²) in [7, 11) is 0. The first-order valence-electron chi connectivity index (χ1n) is 10.3. The normalized spacial score (nSPS) is 17.3. The molecule has 1 aromatic carbocycles. The molecule has 32 heavy (non-hydrogen) atoms. The predicted octanol–water partition coefficient (Wildman–Crippen LogP) is 4.98. The number of hydrogen-bond acceptors (Lipinski definition) is 6. The average molecular weight is 451 g/mol. The lowest BCUT2D eigenvalue weighted by molar-refractivity contribution is 0.197. The Balaban J connectivity index is 1.38. The summed E-state index contributed by atoms with van der Waals surface area (Å²) in [5.74, 6) is 1.32. The lowest BCUT2D eigenvalue weighted by Gasteiger charge is -2.33. The number of hydrogen-bond donors (Lipinski definition) is 1. The van der Waals surface area contributed by atoms with E-state index in [-0.39, 0.29) is 18.0 Å². The van der Waals surface area contributed by atoms with E-state index in [2.05, 4.69) is 38.3 Å². The van der Waals surface area contributed by atoms with E-state index in [1.165, 1.54) is 18.0 Å². The van der Waals surface area contributed by atoms with Gasteiger partial charge in [0.25, 0.3) is 0 Å². The third kappa shape index (κ3) is 5.59. The summed E-state index contributed by atoms with van der Waals surface area (Å²) in [5, 5.41) is 3.27. The van der Waals surface area contributed by atoms with Crippen LogP contribution >= 0.6 is 11.6 Å². The fourth-order valence-electron chi connectivity index (χ4n) is 3.43. The Kier molecular flexibility index (Phi) is 6.61. The molecule has 2 aromatic heterocycles. The Morgan fingerprint density at radius 3 is 2.72 bits per heavy atom. The van der Waals surface area contributed by atoms with Crippen molar-refractivity contribution in [3.63, 3.8) is 0 Å². The van der Waals surface area contributed by atoms with E-state index in [1.54, 1.807) is 17.3 Å². The molecule has 1 unspecified atom stereocenters. The molecule has 1 atom stereocenters. The number of halogens is 1. The number of ether oxygens (including phenoxy) is 1. The van der Waals surface area contributed by atoms with E-state index in [0.29, 0.717) is 29.7 Å². The summed E-state index contributed by atoms with van der Waals surface area (Å²) in [5.41, 5.74) is 3.11. The molecule has 1 saturated heterocycles. The quantitative estimate of drug-likeness (QED) is 0.602. The summed E-state index contributed by atoms with van der Waals surface area (Å²) < 4.78 is 5.72. The number of piperidine rings is 1. The summed E-state index contributed by atoms with van der Waals surface area (Å²) >= 11 is 5.82. The molecule has 1 aliphatic heterocycles. The van der Waals surface area contributed by atoms with Gasteiger partial charge in [0, 0.05) is 13.1 Å². The Hall–Kier alpha value is -3.52. The fraction of sp³-hybridized carbons (Fsp3) is 0.261. The Bertz CT molecular complexity index is 1120. The number of nitrogens with one attached hydrogen (secondary N) is 1. The lowest BCUT2D eigenvalue weighted by atomic mass is 9.91. The number of carbonyl (C=O) groups is 1. The van der Waals surface area contributed by atoms with Gasteiger partial charge in [-0.25, -0.2) is 19.7 Å². The van der Waals surface area contributed by atoms with E-state index in [4.69, 9.17) is 16.3 Å². The minimum Gasteiger partial charge on any atom is -0.424 e. The Labute approximate surface area is 191 Å². The van der Waals surface area contributed by atoms with E-state index in [1.807, 2.05) is 31.2 Å². The van der Waals surface area contributed by atoms with E-state index in [9.17, 15) is 4.79 Å². The zero-order valence-electron chi connectivity index (χ0n) is 17.8. The van der Waals surface area contributed by atoms with Crippen LogP contribution in [0.5, 0.6) is 11.8 Å². The molecular weight excluding hydrogens is 428 g/mol. The van der Waals surface area contributed by atoms with Gasteiger partial charge in [-0.1, -0.05) is 42.3 Å². The first-order valence-corrected chi connectivity index (χ1v) is 10.6. The second kappa shape index (κ2) is 9.74. The minimum atomic E-state index is -0.160. The van der Waals surface area contributed by atoms with Gasteiger partial charge in [-0.2, -0.15) is 0 Å². The first-order chi connectivity index (χ1) is 15.5. The maximum Gasteiger partial charge on any atom is 0.323 e. The van der Waals surface area contributed by atoms with Gasteiger partial charge in [0.1, 0.15) is 5.75 Å². The fourth-order valence-corrected chi connectivity index (χ4v) is 3.53. The third-order valence-corrected chi connectivity index (χ3v) is 5.31. The molecule has 0 saturated carbocycles. The predicted molar refractivity (Wildman–Crippen MR) is 123 cm³/mol. The largest absolute Gasteiger partial charge is 0.424 e. The molecule has 0 spiro atoms. The lowest BCUT2D eigenvalue weighted by Crippen LogP contribution is -2.42. The molecule has 9 heteroatoms. The van der Waals surface area contributed by atoms with E-state index < -0.39 is 0 Å². The van der Waals surface area contributed by atoms with Gasteiger partial charge >= 0.3 is 12.0 Å². The number of aromatic nitrogens is 4. The van der Waals surface area contributed by atoms with Crippen molar-refractivity contribution in [1.82, 2.24) is 24.8 Å². The number of anilines is 1. The molecule has 1 aliphatic rings. The summed E-state index contributed by atoms with van der Waals surface area (Å²) in [4.78, 5) is 30.9. The second-order valence-electron chi connectivity index (χ2n) is 7.65. The highest BCUT2D eigenvalue weighted by atomic mass is 35.5. The molecule has 1 N–H and O–H groups in total. The van der Waals surface area contributed by atoms with Crippen molar-refractivity contribution in [3.05, 3.63) is 70.9 Å².